The molecule has 1 atom stereocenters. The van der Waals surface area contributed by atoms with Gasteiger partial charge in [-0.05, 0) is 70.8 Å². The van der Waals surface area contributed by atoms with Crippen LogP contribution in [0.15, 0.2) is 46.9 Å². The smallest absolute Gasteiger partial charge is 0.414 e. The largest absolute Gasteiger partial charge is 0.444 e. The fraction of sp³-hybridized carbons (Fsp3) is 0.350. The molecule has 1 aliphatic carbocycles. The first-order valence-electron chi connectivity index (χ1n) is 8.61. The molecule has 1 amide bonds. The fourth-order valence-corrected chi connectivity index (χ4v) is 3.95. The maximum absolute atomic E-state index is 14.1. The van der Waals surface area contributed by atoms with Gasteiger partial charge >= 0.3 is 6.09 Å². The number of carbonyl (C=O) groups is 1. The molecule has 2 aromatic rings. The molecule has 0 aromatic heterocycles. The van der Waals surface area contributed by atoms with Crippen LogP contribution in [-0.2, 0) is 17.8 Å². The monoisotopic (exact) mass is 403 g/mol. The van der Waals surface area contributed by atoms with Crippen molar-refractivity contribution in [2.45, 2.75) is 38.3 Å². The van der Waals surface area contributed by atoms with E-state index >= 15 is 0 Å². The number of amides is 1. The summed E-state index contributed by atoms with van der Waals surface area (Å²) in [5, 5.41) is 0. The molecular weight excluding hydrogens is 385 g/mol. The average molecular weight is 404 g/mol. The van der Waals surface area contributed by atoms with E-state index in [9.17, 15) is 9.18 Å². The predicted molar refractivity (Wildman–Crippen MR) is 98.0 cm³/mol. The number of rotatable bonds is 3. The summed E-state index contributed by atoms with van der Waals surface area (Å²) in [5.74, 6) is 0.153. The third-order valence-corrected chi connectivity index (χ3v) is 5.60. The van der Waals surface area contributed by atoms with Crippen LogP contribution in [0, 0.1) is 11.7 Å². The molecule has 25 heavy (non-hydrogen) atoms. The third-order valence-electron chi connectivity index (χ3n) is 4.99. The average Bonchev–Trinajstić information content (AvgIpc) is 3.46. The number of fused-ring (bicyclic) bond motifs is 1. The summed E-state index contributed by atoms with van der Waals surface area (Å²) in [6.45, 7) is 0.224. The summed E-state index contributed by atoms with van der Waals surface area (Å²) >= 11 is 3.24. The van der Waals surface area contributed by atoms with Gasteiger partial charge in [-0.15, -0.1) is 0 Å². The molecule has 1 aliphatic heterocycles. The van der Waals surface area contributed by atoms with Gasteiger partial charge in [0.1, 0.15) is 12.4 Å². The lowest BCUT2D eigenvalue weighted by molar-refractivity contribution is 0.142. The first kappa shape index (κ1) is 16.6. The van der Waals surface area contributed by atoms with Crippen LogP contribution in [0.25, 0.3) is 0 Å². The maximum Gasteiger partial charge on any atom is 0.414 e. The van der Waals surface area contributed by atoms with Crippen LogP contribution in [0.5, 0.6) is 0 Å². The lowest BCUT2D eigenvalue weighted by atomic mass is 9.93. The number of anilines is 1. The van der Waals surface area contributed by atoms with Crippen molar-refractivity contribution in [3.8, 4) is 0 Å². The Kier molecular flexibility index (Phi) is 4.50. The summed E-state index contributed by atoms with van der Waals surface area (Å²) in [6.07, 6.45) is 3.63. The Morgan fingerprint density at radius 1 is 1.20 bits per heavy atom. The zero-order valence-electron chi connectivity index (χ0n) is 13.8. The van der Waals surface area contributed by atoms with E-state index in [1.807, 2.05) is 30.3 Å². The van der Waals surface area contributed by atoms with Crippen LogP contribution in [0.1, 0.15) is 30.4 Å². The summed E-state index contributed by atoms with van der Waals surface area (Å²) < 4.78 is 20.1. The van der Waals surface area contributed by atoms with Crippen molar-refractivity contribution in [3.63, 3.8) is 0 Å². The zero-order chi connectivity index (χ0) is 17.4. The van der Waals surface area contributed by atoms with Crippen molar-refractivity contribution in [1.29, 1.82) is 0 Å². The molecule has 130 valence electrons. The molecule has 1 unspecified atom stereocenters. The molecule has 0 spiro atoms. The number of carbonyl (C=O) groups excluding carboxylic acids is 1. The van der Waals surface area contributed by atoms with Crippen LogP contribution in [-0.4, -0.2) is 12.1 Å². The number of benzene rings is 2. The van der Waals surface area contributed by atoms with E-state index in [-0.39, 0.29) is 24.6 Å². The van der Waals surface area contributed by atoms with Gasteiger partial charge in [0.2, 0.25) is 0 Å². The number of nitrogens with zero attached hydrogens (tertiary/aromatic N) is 1. The van der Waals surface area contributed by atoms with E-state index < -0.39 is 0 Å². The molecule has 1 heterocycles. The van der Waals surface area contributed by atoms with Crippen molar-refractivity contribution in [1.82, 2.24) is 0 Å². The van der Waals surface area contributed by atoms with E-state index in [1.54, 1.807) is 11.0 Å². The quantitative estimate of drug-likeness (QED) is 0.680. The van der Waals surface area contributed by atoms with E-state index in [0.717, 1.165) is 36.8 Å². The minimum absolute atomic E-state index is 0.108. The molecule has 4 rings (SSSR count). The number of aryl methyl sites for hydroxylation is 1. The lowest BCUT2D eigenvalue weighted by Crippen LogP contribution is -2.45. The van der Waals surface area contributed by atoms with Crippen molar-refractivity contribution < 1.29 is 13.9 Å². The molecule has 0 radical (unpaired) electrons. The Morgan fingerprint density at radius 3 is 2.68 bits per heavy atom. The molecular formula is C20H19BrFNO2. The SMILES string of the molecule is O=C(OCc1ccccc1)N1c2cc(F)c(Br)cc2CCC1C1CC1. The number of ether oxygens (including phenoxy) is 1. The summed E-state index contributed by atoms with van der Waals surface area (Å²) in [5.41, 5.74) is 2.58. The standard InChI is InChI=1S/C20H19BrFNO2/c21-16-10-15-8-9-18(14-6-7-14)23(19(15)11-17(16)22)20(24)25-12-13-4-2-1-3-5-13/h1-5,10-11,14,18H,6-9,12H2. The maximum atomic E-state index is 14.1. The molecule has 1 saturated carbocycles. The van der Waals surface area contributed by atoms with Gasteiger partial charge in [-0.2, -0.15) is 0 Å². The minimum atomic E-state index is -0.386. The van der Waals surface area contributed by atoms with Crippen LogP contribution in [0.2, 0.25) is 0 Å². The zero-order valence-corrected chi connectivity index (χ0v) is 15.3. The molecule has 1 fully saturated rings. The molecule has 5 heteroatoms. The predicted octanol–water partition coefficient (Wildman–Crippen LogP) is 5.46. The molecule has 2 aliphatic rings. The van der Waals surface area contributed by atoms with Crippen LogP contribution < -0.4 is 4.90 Å². The molecule has 0 bridgehead atoms. The molecule has 2 aromatic carbocycles. The van der Waals surface area contributed by atoms with Crippen LogP contribution in [0.4, 0.5) is 14.9 Å². The summed E-state index contributed by atoms with van der Waals surface area (Å²) in [7, 11) is 0. The van der Waals surface area contributed by atoms with Crippen molar-refractivity contribution in [2.75, 3.05) is 4.90 Å². The number of hydrogen-bond donors (Lipinski definition) is 0. The Morgan fingerprint density at radius 2 is 1.96 bits per heavy atom. The first-order valence-corrected chi connectivity index (χ1v) is 9.40. The highest BCUT2D eigenvalue weighted by Gasteiger charge is 2.41. The summed E-state index contributed by atoms with van der Waals surface area (Å²) in [4.78, 5) is 14.5. The van der Waals surface area contributed by atoms with Gasteiger partial charge in [0.25, 0.3) is 0 Å². The van der Waals surface area contributed by atoms with Crippen molar-refractivity contribution >= 4 is 27.7 Å². The highest BCUT2D eigenvalue weighted by atomic mass is 79.9. The van der Waals surface area contributed by atoms with E-state index in [2.05, 4.69) is 15.9 Å². The van der Waals surface area contributed by atoms with Crippen LogP contribution >= 0.6 is 15.9 Å². The lowest BCUT2D eigenvalue weighted by Gasteiger charge is -2.37. The molecule has 0 N–H and O–H groups in total. The molecule has 3 nitrogen and oxygen atoms in total. The second-order valence-electron chi connectivity index (χ2n) is 6.75. The number of hydrogen-bond acceptors (Lipinski definition) is 2. The topological polar surface area (TPSA) is 29.5 Å². The number of halogens is 2. The normalized spacial score (nSPS) is 19.4. The third kappa shape index (κ3) is 3.43. The fourth-order valence-electron chi connectivity index (χ4n) is 3.56. The first-order chi connectivity index (χ1) is 12.1. The Balaban J connectivity index is 1.60. The van der Waals surface area contributed by atoms with Gasteiger partial charge in [-0.1, -0.05) is 30.3 Å². The molecule has 0 saturated heterocycles. The van der Waals surface area contributed by atoms with Crippen molar-refractivity contribution in [2.24, 2.45) is 5.92 Å². The van der Waals surface area contributed by atoms with E-state index in [0.29, 0.717) is 16.1 Å². The van der Waals surface area contributed by atoms with Gasteiger partial charge in [-0.3, -0.25) is 4.90 Å². The second kappa shape index (κ2) is 6.79. The van der Waals surface area contributed by atoms with Gasteiger partial charge < -0.3 is 4.74 Å². The second-order valence-corrected chi connectivity index (χ2v) is 7.60. The summed E-state index contributed by atoms with van der Waals surface area (Å²) in [6, 6.07) is 13.0. The highest BCUT2D eigenvalue weighted by Crippen LogP contribution is 2.44. The van der Waals surface area contributed by atoms with Crippen LogP contribution in [0.3, 0.4) is 0 Å². The van der Waals surface area contributed by atoms with E-state index in [1.165, 1.54) is 6.07 Å². The van der Waals surface area contributed by atoms with Gasteiger partial charge in [0.05, 0.1) is 10.2 Å². The van der Waals surface area contributed by atoms with Gasteiger partial charge in [0.15, 0.2) is 0 Å². The Hall–Kier alpha value is -1.88. The minimum Gasteiger partial charge on any atom is -0.444 e. The highest BCUT2D eigenvalue weighted by molar-refractivity contribution is 9.10. The Bertz CT molecular complexity index is 792. The van der Waals surface area contributed by atoms with Gasteiger partial charge in [-0.25, -0.2) is 9.18 Å². The Labute approximate surface area is 154 Å². The van der Waals surface area contributed by atoms with Gasteiger partial charge in [0, 0.05) is 6.04 Å². The van der Waals surface area contributed by atoms with Crippen molar-refractivity contribution in [3.05, 3.63) is 63.9 Å². The van der Waals surface area contributed by atoms with E-state index in [4.69, 9.17) is 4.74 Å².